The van der Waals surface area contributed by atoms with Crippen LogP contribution in [0, 0.1) is 19.9 Å². The van der Waals surface area contributed by atoms with E-state index < -0.39 is 0 Å². The molecule has 1 aromatic rings. The van der Waals surface area contributed by atoms with Crippen LogP contribution in [0.4, 0.5) is 0 Å². The predicted molar refractivity (Wildman–Crippen MR) is 44.1 cm³/mol. The van der Waals surface area contributed by atoms with Gasteiger partial charge in [-0.05, 0) is 0 Å². The van der Waals surface area contributed by atoms with Crippen molar-refractivity contribution in [2.24, 2.45) is 0 Å². The van der Waals surface area contributed by atoms with Crippen molar-refractivity contribution < 1.29 is 32.7 Å². The van der Waals surface area contributed by atoms with E-state index in [0.29, 0.717) is 0 Å². The summed E-state index contributed by atoms with van der Waals surface area (Å²) in [5.74, 6) is 0. The van der Waals surface area contributed by atoms with Crippen molar-refractivity contribution >= 4 is 0 Å². The van der Waals surface area contributed by atoms with Crippen LogP contribution >= 0.6 is 0 Å². The van der Waals surface area contributed by atoms with Crippen LogP contribution in [0.5, 0.6) is 0 Å². The van der Waals surface area contributed by atoms with Gasteiger partial charge in [0.1, 0.15) is 0 Å². The van der Waals surface area contributed by atoms with Gasteiger partial charge in [-0.1, -0.05) is 27.2 Å². The van der Waals surface area contributed by atoms with Gasteiger partial charge in [-0.2, -0.15) is 34.9 Å². The van der Waals surface area contributed by atoms with E-state index in [0.717, 1.165) is 6.42 Å². The first-order valence-electron chi connectivity index (χ1n) is 3.72. The Morgan fingerprint density at radius 3 is 2.36 bits per heavy atom. The van der Waals surface area contributed by atoms with E-state index in [1.807, 2.05) is 6.07 Å². The predicted octanol–water partition coefficient (Wildman–Crippen LogP) is 2.66. The van der Waals surface area contributed by atoms with E-state index in [9.17, 15) is 0 Å². The third kappa shape index (κ3) is 2.68. The summed E-state index contributed by atoms with van der Waals surface area (Å²) in [5, 5.41) is 0. The molecule has 1 aromatic carbocycles. The quantitative estimate of drug-likeness (QED) is 0.641. The molecule has 1 radical (unpaired) electrons. The fourth-order valence-corrected chi connectivity index (χ4v) is 1.10. The molecular weight excluding hydrogens is 209 g/mol. The Bertz CT molecular complexity index is 228. The summed E-state index contributed by atoms with van der Waals surface area (Å²) in [6, 6.07) is 7.23. The molecule has 0 amide bonds. The molecule has 0 atom stereocenters. The van der Waals surface area contributed by atoms with Crippen LogP contribution in [0.2, 0.25) is 0 Å². The van der Waals surface area contributed by atoms with Crippen LogP contribution in [0.25, 0.3) is 0 Å². The van der Waals surface area contributed by atoms with E-state index in [1.54, 1.807) is 0 Å². The molecule has 11 heavy (non-hydrogen) atoms. The van der Waals surface area contributed by atoms with Crippen LogP contribution in [0.1, 0.15) is 23.6 Å². The first kappa shape index (κ1) is 11.3. The largest absolute Gasteiger partial charge is 0.183 e. The summed E-state index contributed by atoms with van der Waals surface area (Å²) in [5.41, 5.74) is 4.18. The molecule has 0 fully saturated rings. The molecule has 0 heterocycles. The first-order valence-corrected chi connectivity index (χ1v) is 3.72. The molecule has 1 rings (SSSR count). The zero-order chi connectivity index (χ0) is 7.56. The Hall–Kier alpha value is 0.324. The van der Waals surface area contributed by atoms with Crippen LogP contribution in [0.15, 0.2) is 12.1 Å². The van der Waals surface area contributed by atoms with Gasteiger partial charge in [-0.25, -0.2) is 0 Å². The molecule has 0 unspecified atom stereocenters. The normalized spacial score (nSPS) is 9.00. The Kier molecular flexibility index (Phi) is 5.20. The molecule has 0 aliphatic heterocycles. The summed E-state index contributed by atoms with van der Waals surface area (Å²) >= 11 is 0. The summed E-state index contributed by atoms with van der Waals surface area (Å²) < 4.78 is 0. The minimum absolute atomic E-state index is 0. The monoisotopic (exact) mass is 222 g/mol. The van der Waals surface area contributed by atoms with Crippen molar-refractivity contribution in [2.75, 3.05) is 0 Å². The standard InChI is InChI=1S/C10H13.Y/c1-4-10-7-5-6-8(2)9(10)3;/h6-7H,4H2,1-3H3;/q-1;. The maximum Gasteiger partial charge on any atom is 0 e. The Labute approximate surface area is 94.3 Å². The van der Waals surface area contributed by atoms with Crippen molar-refractivity contribution in [2.45, 2.75) is 27.2 Å². The average Bonchev–Trinajstić information content (AvgIpc) is 1.95. The van der Waals surface area contributed by atoms with Crippen molar-refractivity contribution in [3.63, 3.8) is 0 Å². The number of hydrogen-bond donors (Lipinski definition) is 0. The van der Waals surface area contributed by atoms with Crippen molar-refractivity contribution in [1.82, 2.24) is 0 Å². The zero-order valence-corrected chi connectivity index (χ0v) is 10.3. The van der Waals surface area contributed by atoms with Crippen LogP contribution in [0.3, 0.4) is 0 Å². The van der Waals surface area contributed by atoms with E-state index in [1.165, 1.54) is 16.7 Å². The molecule has 0 spiro atoms. The number of hydrogen-bond acceptors (Lipinski definition) is 0. The van der Waals surface area contributed by atoms with E-state index in [4.69, 9.17) is 0 Å². The summed E-state index contributed by atoms with van der Waals surface area (Å²) in [7, 11) is 0. The van der Waals surface area contributed by atoms with Crippen molar-refractivity contribution in [3.8, 4) is 0 Å². The summed E-state index contributed by atoms with van der Waals surface area (Å²) in [6.07, 6.45) is 1.12. The molecule has 0 aliphatic rings. The van der Waals surface area contributed by atoms with Crippen molar-refractivity contribution in [3.05, 3.63) is 34.9 Å². The molecule has 0 N–H and O–H groups in total. The molecule has 0 aromatic heterocycles. The SMILES string of the molecule is CCc1c[c-]cc(C)c1C.[Y]. The summed E-state index contributed by atoms with van der Waals surface area (Å²) in [6.45, 7) is 6.47. The third-order valence-corrected chi connectivity index (χ3v) is 2.01. The van der Waals surface area contributed by atoms with Gasteiger partial charge in [-0.3, -0.25) is 0 Å². The minimum Gasteiger partial charge on any atom is -0.183 e. The molecule has 57 valence electrons. The van der Waals surface area contributed by atoms with Crippen molar-refractivity contribution in [1.29, 1.82) is 0 Å². The third-order valence-electron chi connectivity index (χ3n) is 2.01. The van der Waals surface area contributed by atoms with E-state index >= 15 is 0 Å². The number of benzene rings is 1. The smallest absolute Gasteiger partial charge is 0 e. The molecule has 0 saturated carbocycles. The maximum atomic E-state index is 3.12. The molecule has 0 bridgehead atoms. The van der Waals surface area contributed by atoms with Crippen LogP contribution in [-0.2, 0) is 39.1 Å². The second kappa shape index (κ2) is 5.06. The number of rotatable bonds is 1. The van der Waals surface area contributed by atoms with E-state index in [2.05, 4.69) is 32.9 Å². The van der Waals surface area contributed by atoms with Crippen LogP contribution in [-0.4, -0.2) is 0 Å². The maximum absolute atomic E-state index is 3.12. The Morgan fingerprint density at radius 2 is 1.91 bits per heavy atom. The van der Waals surface area contributed by atoms with Gasteiger partial charge in [0.05, 0.1) is 0 Å². The summed E-state index contributed by atoms with van der Waals surface area (Å²) in [4.78, 5) is 0. The molecule has 0 saturated heterocycles. The molecule has 0 nitrogen and oxygen atoms in total. The van der Waals surface area contributed by atoms with Gasteiger partial charge >= 0.3 is 0 Å². The van der Waals surface area contributed by atoms with Gasteiger partial charge in [0.2, 0.25) is 0 Å². The Morgan fingerprint density at radius 1 is 1.27 bits per heavy atom. The molecular formula is C10H13Y-. The van der Waals surface area contributed by atoms with Gasteiger partial charge in [0.15, 0.2) is 0 Å². The first-order chi connectivity index (χ1) is 4.75. The average molecular weight is 222 g/mol. The molecule has 1 heteroatoms. The Balaban J connectivity index is 0.000001000. The van der Waals surface area contributed by atoms with Gasteiger partial charge < -0.3 is 0 Å². The van der Waals surface area contributed by atoms with Gasteiger partial charge in [0, 0.05) is 32.7 Å². The fourth-order valence-electron chi connectivity index (χ4n) is 1.10. The topological polar surface area (TPSA) is 0 Å². The minimum atomic E-state index is 0. The second-order valence-electron chi connectivity index (χ2n) is 2.64. The zero-order valence-electron chi connectivity index (χ0n) is 7.44. The fraction of sp³-hybridized carbons (Fsp3) is 0.400. The molecule has 0 aliphatic carbocycles. The second-order valence-corrected chi connectivity index (χ2v) is 2.64. The van der Waals surface area contributed by atoms with Gasteiger partial charge in [0.25, 0.3) is 0 Å². The van der Waals surface area contributed by atoms with Gasteiger partial charge in [-0.15, -0.1) is 0 Å². The van der Waals surface area contributed by atoms with Crippen LogP contribution < -0.4 is 0 Å². The van der Waals surface area contributed by atoms with E-state index in [-0.39, 0.29) is 32.7 Å². The number of aryl methyl sites for hydroxylation is 2.